The Hall–Kier alpha value is -1.97. The third kappa shape index (κ3) is 4.96. The van der Waals surface area contributed by atoms with Crippen molar-refractivity contribution in [1.29, 1.82) is 0 Å². The van der Waals surface area contributed by atoms with E-state index < -0.39 is 23.5 Å². The van der Waals surface area contributed by atoms with Crippen LogP contribution in [0.3, 0.4) is 0 Å². The molecule has 0 aliphatic carbocycles. The second-order valence-electron chi connectivity index (χ2n) is 7.80. The maximum absolute atomic E-state index is 12.9. The van der Waals surface area contributed by atoms with Crippen LogP contribution >= 0.6 is 0 Å². The quantitative estimate of drug-likeness (QED) is 0.407. The van der Waals surface area contributed by atoms with Crippen molar-refractivity contribution in [3.63, 3.8) is 0 Å². The van der Waals surface area contributed by atoms with Crippen molar-refractivity contribution in [3.8, 4) is 5.75 Å². The molecule has 29 heavy (non-hydrogen) atoms. The van der Waals surface area contributed by atoms with Crippen LogP contribution in [0, 0.1) is 0 Å². The van der Waals surface area contributed by atoms with E-state index in [0.29, 0.717) is 18.6 Å². The Labute approximate surface area is 165 Å². The van der Waals surface area contributed by atoms with Gasteiger partial charge in [-0.25, -0.2) is 0 Å². The molecule has 1 N–H and O–H groups in total. The molecule has 2 rings (SSSR count). The molecule has 10 heteroatoms. The first-order valence-corrected chi connectivity index (χ1v) is 9.09. The average molecular weight is 427 g/mol. The Kier molecular flexibility index (Phi) is 6.46. The molecule has 1 aliphatic rings. The molecule has 1 heterocycles. The Morgan fingerprint density at radius 2 is 1.59 bits per heavy atom. The van der Waals surface area contributed by atoms with Crippen LogP contribution in [0.4, 0.5) is 26.3 Å². The lowest BCUT2D eigenvalue weighted by Gasteiger charge is -2.32. The molecule has 0 bridgehead atoms. The van der Waals surface area contributed by atoms with Crippen molar-refractivity contribution < 1.29 is 40.8 Å². The molecule has 164 valence electrons. The van der Waals surface area contributed by atoms with Gasteiger partial charge in [0.1, 0.15) is 17.8 Å². The zero-order valence-electron chi connectivity index (χ0n) is 16.4. The minimum absolute atomic E-state index is 0.0625. The fraction of sp³-hybridized carbons (Fsp3) is 0.632. The van der Waals surface area contributed by atoms with E-state index in [1.807, 2.05) is 13.4 Å². The first-order chi connectivity index (χ1) is 13.2. The van der Waals surface area contributed by atoms with Crippen LogP contribution in [0.1, 0.15) is 32.3 Å². The Balaban J connectivity index is 1.88. The summed E-state index contributed by atoms with van der Waals surface area (Å²) in [5, 5.41) is 9.35. The van der Waals surface area contributed by atoms with Crippen LogP contribution in [0.15, 0.2) is 24.3 Å². The molecule has 0 unspecified atom stereocenters. The molecular formula is C19H25F6N2O2+. The highest BCUT2D eigenvalue weighted by Crippen LogP contribution is 2.50. The number of alkyl halides is 6. The molecule has 0 atom stereocenters. The lowest BCUT2D eigenvalue weighted by Crippen LogP contribution is -2.53. The highest BCUT2D eigenvalue weighted by molar-refractivity contribution is 5.51. The standard InChI is InChI=1S/C19H25F6N2O2/c1-16(2)12-27(13-26(16)3)10-4-5-11-29-15-8-6-14(7-9-15)17(28,18(20,21)22)19(23,24)25/h6-9,13,28H,4-5,10-12H2,1-3H3/q+1. The smallest absolute Gasteiger partial charge is 0.430 e. The van der Waals surface area contributed by atoms with Crippen molar-refractivity contribution in [2.24, 2.45) is 0 Å². The fourth-order valence-corrected chi connectivity index (χ4v) is 3.07. The number of halogens is 6. The first kappa shape index (κ1) is 23.3. The minimum Gasteiger partial charge on any atom is -0.494 e. The molecule has 1 aromatic carbocycles. The van der Waals surface area contributed by atoms with Crippen molar-refractivity contribution in [2.75, 3.05) is 26.7 Å². The first-order valence-electron chi connectivity index (χ1n) is 9.09. The van der Waals surface area contributed by atoms with Gasteiger partial charge in [-0.15, -0.1) is 0 Å². The van der Waals surface area contributed by atoms with E-state index in [4.69, 9.17) is 4.74 Å². The molecular weight excluding hydrogens is 402 g/mol. The lowest BCUT2D eigenvalue weighted by molar-refractivity contribution is -0.521. The average Bonchev–Trinajstić information content (AvgIpc) is 2.84. The van der Waals surface area contributed by atoms with E-state index in [9.17, 15) is 31.4 Å². The summed E-state index contributed by atoms with van der Waals surface area (Å²) in [5.74, 6) is 0.133. The van der Waals surface area contributed by atoms with Gasteiger partial charge in [0.25, 0.3) is 5.60 Å². The molecule has 4 nitrogen and oxygen atoms in total. The number of benzene rings is 1. The van der Waals surface area contributed by atoms with Gasteiger partial charge in [0.2, 0.25) is 6.34 Å². The summed E-state index contributed by atoms with van der Waals surface area (Å²) >= 11 is 0. The summed E-state index contributed by atoms with van der Waals surface area (Å²) in [6.45, 7) is 6.26. The number of likely N-dealkylation sites (N-methyl/N-ethyl adjacent to an activating group) is 1. The van der Waals surface area contributed by atoms with Gasteiger partial charge >= 0.3 is 12.4 Å². The largest absolute Gasteiger partial charge is 0.494 e. The number of aliphatic hydroxyl groups is 1. The molecule has 0 fully saturated rings. The summed E-state index contributed by atoms with van der Waals surface area (Å²) in [6, 6.07) is 3.13. The molecule has 0 aromatic heterocycles. The number of unbranched alkanes of at least 4 members (excludes halogenated alkanes) is 1. The van der Waals surface area contributed by atoms with Crippen LogP contribution in [0.25, 0.3) is 0 Å². The van der Waals surface area contributed by atoms with Gasteiger partial charge in [-0.05, 0) is 38.8 Å². The van der Waals surface area contributed by atoms with Crippen LogP contribution in [0.5, 0.6) is 5.75 Å². The number of hydrogen-bond donors (Lipinski definition) is 1. The zero-order chi connectivity index (χ0) is 22.1. The number of ether oxygens (including phenoxy) is 1. The van der Waals surface area contributed by atoms with E-state index >= 15 is 0 Å². The minimum atomic E-state index is -5.90. The molecule has 0 amide bonds. The van der Waals surface area contributed by atoms with Crippen LogP contribution in [0.2, 0.25) is 0 Å². The van der Waals surface area contributed by atoms with Crippen molar-refractivity contribution in [2.45, 2.75) is 50.2 Å². The van der Waals surface area contributed by atoms with Gasteiger partial charge in [-0.1, -0.05) is 12.1 Å². The van der Waals surface area contributed by atoms with Crippen molar-refractivity contribution in [3.05, 3.63) is 29.8 Å². The van der Waals surface area contributed by atoms with Crippen molar-refractivity contribution in [1.82, 2.24) is 4.90 Å². The molecule has 0 saturated carbocycles. The second-order valence-corrected chi connectivity index (χ2v) is 7.80. The highest BCUT2D eigenvalue weighted by Gasteiger charge is 2.71. The van der Waals surface area contributed by atoms with E-state index in [1.165, 1.54) is 0 Å². The SMILES string of the molecule is CN1C=[N+](CCCCOc2ccc(C(O)(C(F)(F)F)C(F)(F)F)cc2)CC1(C)C. The van der Waals surface area contributed by atoms with Crippen molar-refractivity contribution >= 4 is 6.34 Å². The predicted octanol–water partition coefficient (Wildman–Crippen LogP) is 3.92. The second kappa shape index (κ2) is 8.04. The highest BCUT2D eigenvalue weighted by atomic mass is 19.4. The van der Waals surface area contributed by atoms with Crippen LogP contribution in [-0.4, -0.2) is 65.6 Å². The van der Waals surface area contributed by atoms with Gasteiger partial charge in [0, 0.05) is 5.56 Å². The molecule has 0 saturated heterocycles. The predicted molar refractivity (Wildman–Crippen MR) is 95.1 cm³/mol. The summed E-state index contributed by atoms with van der Waals surface area (Å²) in [5.41, 5.74) is -6.17. The third-order valence-corrected chi connectivity index (χ3v) is 5.08. The molecule has 0 radical (unpaired) electrons. The van der Waals surface area contributed by atoms with E-state index in [0.717, 1.165) is 31.6 Å². The number of nitrogens with zero attached hydrogens (tertiary/aromatic N) is 2. The Morgan fingerprint density at radius 1 is 1.03 bits per heavy atom. The number of hydrogen-bond acceptors (Lipinski definition) is 3. The van der Waals surface area contributed by atoms with Gasteiger partial charge in [-0.2, -0.15) is 26.3 Å². The topological polar surface area (TPSA) is 35.7 Å². The van der Waals surface area contributed by atoms with Gasteiger partial charge in [0.05, 0.1) is 20.2 Å². The monoisotopic (exact) mass is 427 g/mol. The van der Waals surface area contributed by atoms with Gasteiger partial charge in [-0.3, -0.25) is 9.48 Å². The summed E-state index contributed by atoms with van der Waals surface area (Å²) in [7, 11) is 2.01. The zero-order valence-corrected chi connectivity index (χ0v) is 16.4. The van der Waals surface area contributed by atoms with E-state index in [2.05, 4.69) is 23.3 Å². The maximum Gasteiger partial charge on any atom is 0.430 e. The normalized spacial score (nSPS) is 17.4. The Bertz CT molecular complexity index is 712. The summed E-state index contributed by atoms with van der Waals surface area (Å²) < 4.78 is 84.8. The molecule has 1 aliphatic heterocycles. The summed E-state index contributed by atoms with van der Waals surface area (Å²) in [4.78, 5) is 2.13. The van der Waals surface area contributed by atoms with E-state index in [1.54, 1.807) is 0 Å². The third-order valence-electron chi connectivity index (χ3n) is 5.08. The number of rotatable bonds is 7. The fourth-order valence-electron chi connectivity index (χ4n) is 3.07. The molecule has 0 spiro atoms. The van der Waals surface area contributed by atoms with Gasteiger partial charge in [0.15, 0.2) is 0 Å². The van der Waals surface area contributed by atoms with Gasteiger partial charge < -0.3 is 9.84 Å². The maximum atomic E-state index is 12.9. The van der Waals surface area contributed by atoms with Crippen LogP contribution in [-0.2, 0) is 5.60 Å². The lowest BCUT2D eigenvalue weighted by atomic mass is 9.92. The Morgan fingerprint density at radius 3 is 2.03 bits per heavy atom. The molecule has 1 aromatic rings. The summed E-state index contributed by atoms with van der Waals surface area (Å²) in [6.07, 6.45) is -8.26. The van der Waals surface area contributed by atoms with Crippen LogP contribution < -0.4 is 4.74 Å². The van der Waals surface area contributed by atoms with E-state index in [-0.39, 0.29) is 17.9 Å².